The zero-order valence-corrected chi connectivity index (χ0v) is 32.6. The van der Waals surface area contributed by atoms with Gasteiger partial charge in [-0.15, -0.1) is 0 Å². The molecule has 5 N–H and O–H groups in total. The number of nitriles is 2. The van der Waals surface area contributed by atoms with Crippen LogP contribution in [0.5, 0.6) is 0 Å². The first-order valence-corrected chi connectivity index (χ1v) is 18.2. The number of hydrogen-bond acceptors (Lipinski definition) is 10. The van der Waals surface area contributed by atoms with E-state index in [-0.39, 0.29) is 24.3 Å². The van der Waals surface area contributed by atoms with Gasteiger partial charge in [-0.05, 0) is 105 Å². The van der Waals surface area contributed by atoms with E-state index in [4.69, 9.17) is 26.3 Å². The summed E-state index contributed by atoms with van der Waals surface area (Å²) in [5.74, 6) is 0. The highest BCUT2D eigenvalue weighted by atomic mass is 35.5. The van der Waals surface area contributed by atoms with Crippen molar-refractivity contribution in [1.82, 2.24) is 35.9 Å². The molecule has 0 radical (unpaired) electrons. The lowest BCUT2D eigenvalue weighted by molar-refractivity contribution is 0.0484. The van der Waals surface area contributed by atoms with Crippen LogP contribution in [0, 0.1) is 36.5 Å². The van der Waals surface area contributed by atoms with Crippen molar-refractivity contribution in [1.29, 1.82) is 10.5 Å². The fourth-order valence-electron chi connectivity index (χ4n) is 6.09. The summed E-state index contributed by atoms with van der Waals surface area (Å²) in [4.78, 5) is 40.1. The van der Waals surface area contributed by atoms with Crippen LogP contribution in [0.4, 0.5) is 15.3 Å². The van der Waals surface area contributed by atoms with Gasteiger partial charge < -0.3 is 40.3 Å². The minimum Gasteiger partial charge on any atom is -0.444 e. The van der Waals surface area contributed by atoms with Crippen molar-refractivity contribution in [3.63, 3.8) is 0 Å². The van der Waals surface area contributed by atoms with Crippen molar-refractivity contribution in [3.8, 4) is 12.1 Å². The van der Waals surface area contributed by atoms with Crippen molar-refractivity contribution < 1.29 is 19.1 Å². The van der Waals surface area contributed by atoms with E-state index in [1.165, 1.54) is 6.20 Å². The Kier molecular flexibility index (Phi) is 13.6. The van der Waals surface area contributed by atoms with E-state index in [1.54, 1.807) is 6.20 Å². The number of hydrogen-bond donors (Lipinski definition) is 5. The lowest BCUT2D eigenvalue weighted by Gasteiger charge is -2.35. The Bertz CT molecular complexity index is 1970. The van der Waals surface area contributed by atoms with Gasteiger partial charge in [-0.25, -0.2) is 19.6 Å². The summed E-state index contributed by atoms with van der Waals surface area (Å²) in [5, 5.41) is 29.6. The minimum atomic E-state index is -0.499. The lowest BCUT2D eigenvalue weighted by atomic mass is 10.0. The van der Waals surface area contributed by atoms with Gasteiger partial charge in [-0.3, -0.25) is 0 Å². The van der Waals surface area contributed by atoms with Crippen LogP contribution in [0.25, 0.3) is 22.1 Å². The Hall–Kier alpha value is -5.05. The van der Waals surface area contributed by atoms with E-state index in [1.807, 2.05) is 73.9 Å². The van der Waals surface area contributed by atoms with Crippen LogP contribution in [0.15, 0.2) is 24.8 Å². The number of H-pyrrole nitrogens is 2. The highest BCUT2D eigenvalue weighted by Crippen LogP contribution is 2.33. The van der Waals surface area contributed by atoms with E-state index in [0.717, 1.165) is 90.7 Å². The number of ether oxygens (including phenoxy) is 2. The van der Waals surface area contributed by atoms with Crippen molar-refractivity contribution in [2.24, 2.45) is 0 Å². The average Bonchev–Trinajstić information content (AvgIpc) is 3.66. The van der Waals surface area contributed by atoms with Gasteiger partial charge in [0.25, 0.3) is 0 Å². The van der Waals surface area contributed by atoms with Crippen LogP contribution >= 0.6 is 11.6 Å². The number of amides is 2. The molecule has 0 bridgehead atoms. The number of aromatic nitrogens is 4. The zero-order chi connectivity index (χ0) is 38.9. The van der Waals surface area contributed by atoms with Crippen molar-refractivity contribution in [3.05, 3.63) is 52.1 Å². The smallest absolute Gasteiger partial charge is 0.407 e. The van der Waals surface area contributed by atoms with Gasteiger partial charge in [0.15, 0.2) is 0 Å². The second-order valence-electron chi connectivity index (χ2n) is 15.2. The average molecular weight is 747 g/mol. The molecule has 0 aromatic carbocycles. The van der Waals surface area contributed by atoms with Gasteiger partial charge in [0, 0.05) is 60.7 Å². The normalized spacial score (nSPS) is 15.3. The molecule has 14 nitrogen and oxygen atoms in total. The molecule has 2 aliphatic rings. The largest absolute Gasteiger partial charge is 0.444 e. The number of piperidine rings is 2. The monoisotopic (exact) mass is 746 g/mol. The molecule has 0 saturated carbocycles. The maximum atomic E-state index is 12.0. The van der Waals surface area contributed by atoms with E-state index in [0.29, 0.717) is 16.1 Å². The number of anilines is 1. The summed E-state index contributed by atoms with van der Waals surface area (Å²) < 4.78 is 10.5. The van der Waals surface area contributed by atoms with Crippen molar-refractivity contribution in [2.75, 3.05) is 31.1 Å². The molecule has 0 aliphatic carbocycles. The molecular weight excluding hydrogens is 696 g/mol. The van der Waals surface area contributed by atoms with Gasteiger partial charge >= 0.3 is 12.2 Å². The maximum Gasteiger partial charge on any atom is 0.407 e. The lowest BCUT2D eigenvalue weighted by Crippen LogP contribution is -2.46. The van der Waals surface area contributed by atoms with Crippen molar-refractivity contribution >= 4 is 51.5 Å². The molecule has 2 aliphatic heterocycles. The van der Waals surface area contributed by atoms with Gasteiger partial charge in [0.2, 0.25) is 0 Å². The SMILES string of the molecule is CC(C)(C)OC(=O)NC1CCNCC1.Cc1c[nH]c2ncc(C#N)c(Cl)c12.Cc1c[nH]c2ncc(C#N)c(N3CCC(NC(=O)OC(C)(C)C)CC3)c12. The third-order valence-corrected chi connectivity index (χ3v) is 8.93. The summed E-state index contributed by atoms with van der Waals surface area (Å²) in [6.07, 6.45) is 9.74. The predicted octanol–water partition coefficient (Wildman–Crippen LogP) is 6.90. The van der Waals surface area contributed by atoms with Gasteiger partial charge in [0.05, 0.1) is 21.8 Å². The molecule has 15 heteroatoms. The Morgan fingerprint density at radius 3 is 1.74 bits per heavy atom. The third kappa shape index (κ3) is 11.5. The Morgan fingerprint density at radius 2 is 1.25 bits per heavy atom. The Morgan fingerprint density at radius 1 is 0.792 bits per heavy atom. The second-order valence-corrected chi connectivity index (χ2v) is 15.6. The molecule has 4 aromatic heterocycles. The van der Waals surface area contributed by atoms with Crippen LogP contribution in [-0.2, 0) is 9.47 Å². The molecule has 0 unspecified atom stereocenters. The van der Waals surface area contributed by atoms with Crippen LogP contribution in [0.2, 0.25) is 5.02 Å². The molecule has 53 heavy (non-hydrogen) atoms. The van der Waals surface area contributed by atoms with Crippen LogP contribution in [0.1, 0.15) is 89.5 Å². The van der Waals surface area contributed by atoms with Gasteiger partial charge in [-0.2, -0.15) is 10.5 Å². The fourth-order valence-corrected chi connectivity index (χ4v) is 6.42. The first-order valence-electron chi connectivity index (χ1n) is 17.8. The number of fused-ring (bicyclic) bond motifs is 2. The second kappa shape index (κ2) is 17.6. The number of halogens is 1. The number of carbonyl (C=O) groups excluding carboxylic acids is 2. The molecule has 6 rings (SSSR count). The Labute approximate surface area is 316 Å². The molecule has 6 heterocycles. The molecule has 2 fully saturated rings. The quantitative estimate of drug-likeness (QED) is 0.147. The molecule has 2 amide bonds. The number of carbonyl (C=O) groups is 2. The number of rotatable bonds is 3. The third-order valence-electron chi connectivity index (χ3n) is 8.54. The maximum absolute atomic E-state index is 12.0. The highest BCUT2D eigenvalue weighted by molar-refractivity contribution is 6.36. The van der Waals surface area contributed by atoms with Crippen LogP contribution in [0.3, 0.4) is 0 Å². The predicted molar refractivity (Wildman–Crippen MR) is 206 cm³/mol. The van der Waals surface area contributed by atoms with Crippen LogP contribution < -0.4 is 20.9 Å². The number of nitrogens with zero attached hydrogens (tertiary/aromatic N) is 5. The topological polar surface area (TPSA) is 197 Å². The van der Waals surface area contributed by atoms with E-state index < -0.39 is 11.2 Å². The van der Waals surface area contributed by atoms with Gasteiger partial charge in [-0.1, -0.05) is 11.6 Å². The summed E-state index contributed by atoms with van der Waals surface area (Å²) >= 11 is 6.01. The number of pyridine rings is 2. The highest BCUT2D eigenvalue weighted by Gasteiger charge is 2.27. The summed E-state index contributed by atoms with van der Waals surface area (Å²) in [7, 11) is 0. The number of aromatic amines is 2. The van der Waals surface area contributed by atoms with E-state index >= 15 is 0 Å². The molecule has 0 spiro atoms. The fraction of sp³-hybridized carbons (Fsp3) is 0.526. The molecular formula is C38H51ClN10O4. The number of alkyl carbamates (subject to hydrolysis) is 2. The first-order chi connectivity index (χ1) is 25.0. The molecule has 0 atom stereocenters. The zero-order valence-electron chi connectivity index (χ0n) is 31.9. The molecule has 2 saturated heterocycles. The minimum absolute atomic E-state index is 0.0799. The number of aryl methyl sites for hydroxylation is 2. The molecule has 4 aromatic rings. The van der Waals surface area contributed by atoms with E-state index in [9.17, 15) is 14.9 Å². The summed E-state index contributed by atoms with van der Waals surface area (Å²) in [6, 6.07) is 4.61. The number of nitrogens with one attached hydrogen (secondary N) is 5. The Balaban J connectivity index is 0.000000196. The standard InChI is InChI=1S/C19H25N5O2.C10H20N2O2.C9H6ClN3/c1-12-10-21-17-15(12)16(13(9-20)11-22-17)24-7-5-14(6-8-24)23-18(25)26-19(2,3)4;1-10(2,3)14-9(13)12-8-4-6-11-7-5-8;1-5-3-12-9-7(5)8(10)6(2-11)4-13-9/h10-11,14H,5-8H2,1-4H3,(H,21,22)(H,23,25);8,11H,4-7H2,1-3H3,(H,12,13);3-4H,1H3,(H,12,13). The molecule has 284 valence electrons. The summed E-state index contributed by atoms with van der Waals surface area (Å²) in [5.41, 5.74) is 4.63. The van der Waals surface area contributed by atoms with E-state index in [2.05, 4.69) is 46.9 Å². The first kappa shape index (κ1) is 40.7. The van der Waals surface area contributed by atoms with Crippen LogP contribution in [-0.4, -0.2) is 81.6 Å². The van der Waals surface area contributed by atoms with Crippen molar-refractivity contribution in [2.45, 2.75) is 104 Å². The summed E-state index contributed by atoms with van der Waals surface area (Å²) in [6.45, 7) is 18.6. The van der Waals surface area contributed by atoms with Gasteiger partial charge in [0.1, 0.15) is 34.6 Å².